The summed E-state index contributed by atoms with van der Waals surface area (Å²) in [4.78, 5) is 12.3. The maximum Gasteiger partial charge on any atom is 0.224 e. The van der Waals surface area contributed by atoms with Crippen LogP contribution in [0.25, 0.3) is 0 Å². The number of piperidine rings is 1. The van der Waals surface area contributed by atoms with Crippen molar-refractivity contribution in [3.05, 3.63) is 33.8 Å². The van der Waals surface area contributed by atoms with Crippen LogP contribution in [0.4, 0.5) is 0 Å². The smallest absolute Gasteiger partial charge is 0.224 e. The van der Waals surface area contributed by atoms with Crippen LogP contribution in [-0.4, -0.2) is 52.0 Å². The molecule has 1 N–H and O–H groups in total. The van der Waals surface area contributed by atoms with Crippen molar-refractivity contribution < 1.29 is 17.9 Å². The van der Waals surface area contributed by atoms with Crippen LogP contribution in [0.1, 0.15) is 24.8 Å². The number of sulfonamides is 1. The van der Waals surface area contributed by atoms with Crippen molar-refractivity contribution in [3.8, 4) is 0 Å². The van der Waals surface area contributed by atoms with Crippen LogP contribution >= 0.6 is 23.2 Å². The van der Waals surface area contributed by atoms with E-state index in [-0.39, 0.29) is 24.1 Å². The number of nitrogens with zero attached hydrogens (tertiary/aromatic N) is 1. The second kappa shape index (κ2) is 9.90. The first-order chi connectivity index (χ1) is 12.3. The molecule has 1 aromatic rings. The number of nitrogens with one attached hydrogen (secondary N) is 1. The van der Waals surface area contributed by atoms with Crippen LogP contribution in [0.3, 0.4) is 0 Å². The Kier molecular flexibility index (Phi) is 8.16. The summed E-state index contributed by atoms with van der Waals surface area (Å²) in [6.45, 7) is 1.67. The minimum absolute atomic E-state index is 0.114. The van der Waals surface area contributed by atoms with Crippen molar-refractivity contribution in [2.24, 2.45) is 5.92 Å². The quantitative estimate of drug-likeness (QED) is 0.653. The number of carbonyl (C=O) groups excluding carboxylic acids is 1. The van der Waals surface area contributed by atoms with E-state index in [4.69, 9.17) is 27.9 Å². The fraction of sp³-hybridized carbons (Fsp3) is 0.588. The molecule has 2 rings (SSSR count). The number of benzene rings is 1. The van der Waals surface area contributed by atoms with Crippen LogP contribution in [0.15, 0.2) is 18.2 Å². The molecule has 1 amide bonds. The van der Waals surface area contributed by atoms with Gasteiger partial charge in [-0.3, -0.25) is 4.79 Å². The highest BCUT2D eigenvalue weighted by molar-refractivity contribution is 7.88. The molecule has 0 aromatic heterocycles. The third kappa shape index (κ3) is 5.82. The van der Waals surface area contributed by atoms with Gasteiger partial charge in [0.25, 0.3) is 0 Å². The molecule has 1 unspecified atom stereocenters. The van der Waals surface area contributed by atoms with Gasteiger partial charge in [0.2, 0.25) is 15.9 Å². The molecule has 1 aliphatic heterocycles. The van der Waals surface area contributed by atoms with E-state index in [9.17, 15) is 13.2 Å². The maximum atomic E-state index is 12.8. The van der Waals surface area contributed by atoms with Crippen LogP contribution < -0.4 is 5.32 Å². The number of halogens is 2. The molecule has 1 aliphatic rings. The van der Waals surface area contributed by atoms with Gasteiger partial charge in [-0.25, -0.2) is 12.7 Å². The van der Waals surface area contributed by atoms with Crippen molar-refractivity contribution in [2.45, 2.75) is 25.0 Å². The monoisotopic (exact) mass is 422 g/mol. The number of hydrogen-bond donors (Lipinski definition) is 1. The molecule has 0 spiro atoms. The van der Waals surface area contributed by atoms with Gasteiger partial charge in [0.05, 0.1) is 11.7 Å². The normalized spacial score (nSPS) is 18.7. The van der Waals surface area contributed by atoms with E-state index in [0.717, 1.165) is 6.42 Å². The average molecular weight is 423 g/mol. The molecule has 0 bridgehead atoms. The first-order valence-corrected chi connectivity index (χ1v) is 10.9. The molecule has 146 valence electrons. The van der Waals surface area contributed by atoms with Gasteiger partial charge in [-0.05, 0) is 31.4 Å². The first-order valence-electron chi connectivity index (χ1n) is 8.52. The highest BCUT2D eigenvalue weighted by Gasteiger charge is 2.33. The topological polar surface area (TPSA) is 75.7 Å². The highest BCUT2D eigenvalue weighted by Crippen LogP contribution is 2.28. The zero-order valence-corrected chi connectivity index (χ0v) is 17.0. The summed E-state index contributed by atoms with van der Waals surface area (Å²) >= 11 is 12.2. The molecule has 9 heteroatoms. The zero-order valence-electron chi connectivity index (χ0n) is 14.7. The SMILES string of the molecule is COCCCNC(=O)C1CCCN(S(=O)(=O)Cc2c(Cl)cccc2Cl)C1. The Bertz CT molecular complexity index is 707. The minimum Gasteiger partial charge on any atom is -0.385 e. The Morgan fingerprint density at radius 3 is 2.69 bits per heavy atom. The number of methoxy groups -OCH3 is 1. The Labute approximate surface area is 164 Å². The second-order valence-electron chi connectivity index (χ2n) is 6.29. The van der Waals surface area contributed by atoms with Crippen molar-refractivity contribution in [3.63, 3.8) is 0 Å². The van der Waals surface area contributed by atoms with Crippen molar-refractivity contribution in [1.82, 2.24) is 9.62 Å². The maximum absolute atomic E-state index is 12.8. The molecule has 1 aromatic carbocycles. The third-order valence-corrected chi connectivity index (χ3v) is 6.84. The molecule has 1 fully saturated rings. The van der Waals surface area contributed by atoms with Crippen LogP contribution in [0.2, 0.25) is 10.0 Å². The fourth-order valence-corrected chi connectivity index (χ4v) is 5.29. The third-order valence-electron chi connectivity index (χ3n) is 4.36. The lowest BCUT2D eigenvalue weighted by molar-refractivity contribution is -0.126. The van der Waals surface area contributed by atoms with E-state index >= 15 is 0 Å². The van der Waals surface area contributed by atoms with Crippen LogP contribution in [0.5, 0.6) is 0 Å². The molecule has 0 radical (unpaired) electrons. The molecule has 26 heavy (non-hydrogen) atoms. The summed E-state index contributed by atoms with van der Waals surface area (Å²) in [7, 11) is -2.00. The molecule has 1 heterocycles. The average Bonchev–Trinajstić information content (AvgIpc) is 2.62. The summed E-state index contributed by atoms with van der Waals surface area (Å²) < 4.78 is 31.9. The van der Waals surface area contributed by atoms with E-state index in [1.165, 1.54) is 4.31 Å². The predicted molar refractivity (Wildman–Crippen MR) is 103 cm³/mol. The van der Waals surface area contributed by atoms with Crippen LogP contribution in [-0.2, 0) is 25.3 Å². The lowest BCUT2D eigenvalue weighted by Gasteiger charge is -2.31. The Hall–Kier alpha value is -0.860. The van der Waals surface area contributed by atoms with Gasteiger partial charge < -0.3 is 10.1 Å². The lowest BCUT2D eigenvalue weighted by Crippen LogP contribution is -2.46. The summed E-state index contributed by atoms with van der Waals surface area (Å²) in [5, 5.41) is 3.49. The number of amides is 1. The molecule has 1 atom stereocenters. The summed E-state index contributed by atoms with van der Waals surface area (Å²) in [6.07, 6.45) is 2.04. The lowest BCUT2D eigenvalue weighted by atomic mass is 9.99. The molecule has 6 nitrogen and oxygen atoms in total. The van der Waals surface area contributed by atoms with Gasteiger partial charge in [0.15, 0.2) is 0 Å². The van der Waals surface area contributed by atoms with Gasteiger partial charge in [0, 0.05) is 49.0 Å². The van der Waals surface area contributed by atoms with Gasteiger partial charge >= 0.3 is 0 Å². The van der Waals surface area contributed by atoms with Crippen molar-refractivity contribution in [2.75, 3.05) is 33.4 Å². The van der Waals surface area contributed by atoms with Gasteiger partial charge in [-0.2, -0.15) is 0 Å². The Balaban J connectivity index is 2.00. The summed E-state index contributed by atoms with van der Waals surface area (Å²) in [5.74, 6) is -0.729. The van der Waals surface area contributed by atoms with E-state index in [0.29, 0.717) is 48.1 Å². The van der Waals surface area contributed by atoms with E-state index in [2.05, 4.69) is 5.32 Å². The Morgan fingerprint density at radius 2 is 2.04 bits per heavy atom. The van der Waals surface area contributed by atoms with Gasteiger partial charge in [0.1, 0.15) is 0 Å². The summed E-state index contributed by atoms with van der Waals surface area (Å²) in [5.41, 5.74) is 0.391. The largest absolute Gasteiger partial charge is 0.385 e. The molecule has 0 aliphatic carbocycles. The second-order valence-corrected chi connectivity index (χ2v) is 9.07. The van der Waals surface area contributed by atoms with Crippen molar-refractivity contribution >= 4 is 39.1 Å². The summed E-state index contributed by atoms with van der Waals surface area (Å²) in [6, 6.07) is 4.90. The highest BCUT2D eigenvalue weighted by atomic mass is 35.5. The van der Waals surface area contributed by atoms with E-state index in [1.54, 1.807) is 25.3 Å². The molecule has 0 saturated carbocycles. The number of carbonyl (C=O) groups is 1. The van der Waals surface area contributed by atoms with E-state index < -0.39 is 10.0 Å². The zero-order chi connectivity index (χ0) is 19.2. The molecular formula is C17H24Cl2N2O4S. The predicted octanol–water partition coefficient (Wildman–Crippen LogP) is 2.69. The molecule has 1 saturated heterocycles. The van der Waals surface area contributed by atoms with E-state index in [1.807, 2.05) is 0 Å². The number of rotatable bonds is 8. The number of hydrogen-bond acceptors (Lipinski definition) is 4. The Morgan fingerprint density at radius 1 is 1.35 bits per heavy atom. The number of ether oxygens (including phenoxy) is 1. The first kappa shape index (κ1) is 21.4. The van der Waals surface area contributed by atoms with Crippen molar-refractivity contribution in [1.29, 1.82) is 0 Å². The van der Waals surface area contributed by atoms with Gasteiger partial charge in [-0.15, -0.1) is 0 Å². The molecular weight excluding hydrogens is 399 g/mol. The fourth-order valence-electron chi connectivity index (χ4n) is 2.93. The standard InChI is InChI=1S/C17H24Cl2N2O4S/c1-25-10-4-8-20-17(22)13-5-3-9-21(11-13)26(23,24)12-14-15(18)6-2-7-16(14)19/h2,6-7,13H,3-5,8-12H2,1H3,(H,20,22). The minimum atomic E-state index is -3.61. The van der Waals surface area contributed by atoms with Crippen LogP contribution in [0, 0.1) is 5.92 Å². The van der Waals surface area contributed by atoms with Gasteiger partial charge in [-0.1, -0.05) is 29.3 Å².